The van der Waals surface area contributed by atoms with Crippen molar-refractivity contribution in [2.24, 2.45) is 0 Å². The van der Waals surface area contributed by atoms with Crippen molar-refractivity contribution in [1.82, 2.24) is 15.4 Å². The Morgan fingerprint density at radius 2 is 1.93 bits per heavy atom. The zero-order chi connectivity index (χ0) is 21.2. The summed E-state index contributed by atoms with van der Waals surface area (Å²) in [6.07, 6.45) is 1.17. The lowest BCUT2D eigenvalue weighted by atomic mass is 10.2. The largest absolute Gasteiger partial charge is 0.383 e. The van der Waals surface area contributed by atoms with Crippen molar-refractivity contribution in [2.45, 2.75) is 0 Å². The molecule has 29 heavy (non-hydrogen) atoms. The number of nitrogens with one attached hydrogen (secondary N) is 2. The highest BCUT2D eigenvalue weighted by Gasteiger charge is 2.27. The van der Waals surface area contributed by atoms with E-state index in [4.69, 9.17) is 21.1 Å². The predicted octanol–water partition coefficient (Wildman–Crippen LogP) is 1.89. The van der Waals surface area contributed by atoms with Gasteiger partial charge in [-0.25, -0.2) is 9.97 Å². The molecule has 0 bridgehead atoms. The molecular formula is C17H21ClN6O5. The van der Waals surface area contributed by atoms with Crippen LogP contribution in [0.4, 0.5) is 17.3 Å². The molecular weight excluding hydrogens is 404 g/mol. The van der Waals surface area contributed by atoms with Gasteiger partial charge in [0.15, 0.2) is 0 Å². The first-order valence-electron chi connectivity index (χ1n) is 8.52. The van der Waals surface area contributed by atoms with Crippen LogP contribution in [0.2, 0.25) is 5.02 Å². The molecule has 11 nitrogen and oxygen atoms in total. The summed E-state index contributed by atoms with van der Waals surface area (Å²) in [7, 11) is 3.06. The highest BCUT2D eigenvalue weighted by molar-refractivity contribution is 6.30. The number of amides is 1. The molecule has 2 N–H and O–H groups in total. The number of ether oxygens (including phenoxy) is 2. The first-order chi connectivity index (χ1) is 14.0. The van der Waals surface area contributed by atoms with E-state index in [9.17, 15) is 14.9 Å². The Hall–Kier alpha value is -3.02. The van der Waals surface area contributed by atoms with Gasteiger partial charge in [0.2, 0.25) is 11.6 Å². The molecule has 0 aliphatic carbocycles. The first-order valence-corrected chi connectivity index (χ1v) is 8.89. The van der Waals surface area contributed by atoms with Crippen LogP contribution in [0, 0.1) is 10.1 Å². The number of anilines is 2. The van der Waals surface area contributed by atoms with Crippen LogP contribution in [-0.2, 0) is 9.47 Å². The number of nitro groups is 1. The smallest absolute Gasteiger partial charge is 0.355 e. The second-order valence-corrected chi connectivity index (χ2v) is 6.15. The number of halogens is 1. The number of methoxy groups -OCH3 is 2. The molecule has 1 heterocycles. The van der Waals surface area contributed by atoms with E-state index in [0.717, 1.165) is 0 Å². The van der Waals surface area contributed by atoms with E-state index in [-0.39, 0.29) is 22.9 Å². The molecule has 2 rings (SSSR count). The highest BCUT2D eigenvalue weighted by Crippen LogP contribution is 2.31. The predicted molar refractivity (Wildman–Crippen MR) is 107 cm³/mol. The molecule has 0 saturated carbocycles. The van der Waals surface area contributed by atoms with Crippen molar-refractivity contribution in [3.63, 3.8) is 0 Å². The molecule has 1 amide bonds. The van der Waals surface area contributed by atoms with Crippen molar-refractivity contribution in [1.29, 1.82) is 0 Å². The van der Waals surface area contributed by atoms with Crippen molar-refractivity contribution >= 4 is 34.8 Å². The van der Waals surface area contributed by atoms with E-state index in [2.05, 4.69) is 20.8 Å². The fourth-order valence-corrected chi connectivity index (χ4v) is 2.60. The number of carbonyl (C=O) groups excluding carboxylic acids is 1. The van der Waals surface area contributed by atoms with Gasteiger partial charge in [-0.05, 0) is 18.2 Å². The van der Waals surface area contributed by atoms with Gasteiger partial charge in [-0.3, -0.25) is 25.8 Å². The van der Waals surface area contributed by atoms with Gasteiger partial charge in [0.05, 0.1) is 18.1 Å². The van der Waals surface area contributed by atoms with E-state index < -0.39 is 10.8 Å². The van der Waals surface area contributed by atoms with E-state index in [1.165, 1.54) is 26.6 Å². The lowest BCUT2D eigenvalue weighted by molar-refractivity contribution is -0.383. The summed E-state index contributed by atoms with van der Waals surface area (Å²) in [6.45, 7) is 1.37. The topological polar surface area (TPSA) is 132 Å². The third kappa shape index (κ3) is 6.24. The van der Waals surface area contributed by atoms with Crippen LogP contribution < -0.4 is 15.8 Å². The summed E-state index contributed by atoms with van der Waals surface area (Å²) in [4.78, 5) is 33.0. The second kappa shape index (κ2) is 11.1. The Morgan fingerprint density at radius 3 is 2.52 bits per heavy atom. The molecule has 0 aliphatic rings. The quantitative estimate of drug-likeness (QED) is 0.410. The van der Waals surface area contributed by atoms with Crippen molar-refractivity contribution in [3.8, 4) is 0 Å². The minimum absolute atomic E-state index is 0.0820. The summed E-state index contributed by atoms with van der Waals surface area (Å²) < 4.78 is 10.1. The molecule has 0 saturated heterocycles. The van der Waals surface area contributed by atoms with Crippen LogP contribution in [0.3, 0.4) is 0 Å². The molecule has 2 aromatic rings. The SMILES string of the molecule is COCCN(CCOC)c1ncnc(NNC(=O)c2cccc(Cl)c2)c1[N+](=O)[O-]. The van der Waals surface area contributed by atoms with Crippen molar-refractivity contribution < 1.29 is 19.2 Å². The normalized spacial score (nSPS) is 10.4. The Morgan fingerprint density at radius 1 is 1.24 bits per heavy atom. The van der Waals surface area contributed by atoms with Gasteiger partial charge in [0.25, 0.3) is 5.91 Å². The van der Waals surface area contributed by atoms with Crippen LogP contribution in [-0.4, -0.2) is 61.3 Å². The molecule has 156 valence electrons. The van der Waals surface area contributed by atoms with Crippen LogP contribution in [0.5, 0.6) is 0 Å². The number of hydrogen-bond donors (Lipinski definition) is 2. The molecule has 1 aromatic carbocycles. The standard InChI is InChI=1S/C17H21ClN6O5/c1-28-8-6-23(7-9-29-2)16-14(24(26)27)15(19-11-20-16)21-22-17(25)12-4-3-5-13(18)10-12/h3-5,10-11H,6-9H2,1-2H3,(H,22,25)(H,19,20,21). The number of hydrazine groups is 1. The average molecular weight is 425 g/mol. The van der Waals surface area contributed by atoms with Crippen LogP contribution in [0.15, 0.2) is 30.6 Å². The van der Waals surface area contributed by atoms with E-state index in [1.54, 1.807) is 23.1 Å². The van der Waals surface area contributed by atoms with Gasteiger partial charge in [0.1, 0.15) is 6.33 Å². The lowest BCUT2D eigenvalue weighted by Crippen LogP contribution is -2.33. The Kier molecular flexibility index (Phi) is 8.52. The van der Waals surface area contributed by atoms with Crippen molar-refractivity contribution in [3.05, 3.63) is 51.3 Å². The van der Waals surface area contributed by atoms with Gasteiger partial charge >= 0.3 is 5.69 Å². The van der Waals surface area contributed by atoms with E-state index >= 15 is 0 Å². The van der Waals surface area contributed by atoms with E-state index in [1.807, 2.05) is 0 Å². The lowest BCUT2D eigenvalue weighted by Gasteiger charge is -2.23. The van der Waals surface area contributed by atoms with Gasteiger partial charge in [-0.1, -0.05) is 17.7 Å². The Bertz CT molecular complexity index is 845. The Labute approximate surface area is 172 Å². The van der Waals surface area contributed by atoms with Gasteiger partial charge in [0, 0.05) is 37.9 Å². The maximum Gasteiger partial charge on any atom is 0.355 e. The number of carbonyl (C=O) groups is 1. The molecule has 0 aliphatic heterocycles. The Balaban J connectivity index is 2.26. The maximum absolute atomic E-state index is 12.3. The van der Waals surface area contributed by atoms with Crippen molar-refractivity contribution in [2.75, 3.05) is 50.8 Å². The van der Waals surface area contributed by atoms with Crippen LogP contribution in [0.1, 0.15) is 10.4 Å². The number of benzene rings is 1. The van der Waals surface area contributed by atoms with Gasteiger partial charge in [-0.15, -0.1) is 0 Å². The molecule has 0 atom stereocenters. The zero-order valence-electron chi connectivity index (χ0n) is 15.9. The molecule has 0 radical (unpaired) electrons. The second-order valence-electron chi connectivity index (χ2n) is 5.71. The first kappa shape index (κ1) is 22.3. The maximum atomic E-state index is 12.3. The van der Waals surface area contributed by atoms with Gasteiger partial charge in [-0.2, -0.15) is 0 Å². The summed E-state index contributed by atoms with van der Waals surface area (Å²) in [5, 5.41) is 12.1. The minimum atomic E-state index is -0.615. The highest BCUT2D eigenvalue weighted by atomic mass is 35.5. The number of nitrogens with zero attached hydrogens (tertiary/aromatic N) is 4. The number of rotatable bonds is 11. The fraction of sp³-hybridized carbons (Fsp3) is 0.353. The third-order valence-electron chi connectivity index (χ3n) is 3.80. The monoisotopic (exact) mass is 424 g/mol. The molecule has 1 aromatic heterocycles. The minimum Gasteiger partial charge on any atom is -0.383 e. The molecule has 12 heteroatoms. The fourth-order valence-electron chi connectivity index (χ4n) is 2.40. The van der Waals surface area contributed by atoms with E-state index in [0.29, 0.717) is 31.3 Å². The zero-order valence-corrected chi connectivity index (χ0v) is 16.7. The summed E-state index contributed by atoms with van der Waals surface area (Å²) in [5.74, 6) is -0.605. The molecule has 0 spiro atoms. The van der Waals surface area contributed by atoms with Crippen LogP contribution in [0.25, 0.3) is 0 Å². The number of aromatic nitrogens is 2. The van der Waals surface area contributed by atoms with Gasteiger partial charge < -0.3 is 14.4 Å². The average Bonchev–Trinajstić information content (AvgIpc) is 2.71. The molecule has 0 fully saturated rings. The van der Waals surface area contributed by atoms with Crippen LogP contribution >= 0.6 is 11.6 Å². The summed E-state index contributed by atoms with van der Waals surface area (Å²) in [6, 6.07) is 6.27. The summed E-state index contributed by atoms with van der Waals surface area (Å²) in [5.41, 5.74) is 4.77. The summed E-state index contributed by atoms with van der Waals surface area (Å²) >= 11 is 5.88. The molecule has 0 unspecified atom stereocenters. The number of hydrogen-bond acceptors (Lipinski definition) is 9. The third-order valence-corrected chi connectivity index (χ3v) is 4.03.